The second-order valence-electron chi connectivity index (χ2n) is 13.1. The fraction of sp³-hybridized carbons (Fsp3) is 0.614. The standard InChI is InChI=1S/C44H75N2O6P/c1-3-5-7-9-11-13-15-16-17-18-19-20-21-22-23-24-25-26-28-30-32-34-36-38-44(48)46-42(41-52-53(49,50)51-40-39-45)43(47)37-35-33-31-29-27-14-12-10-8-6-4-2/h5,7-8,10-11,13,16-17,19-20,22-23,27,29,35,37,42-43,47H,3-4,6,9,12,14-15,18,21,24-26,28,30-34,36,38-41,45H2,1-2H3,(H,46,48)(H,49,50)/b7-5-,10-8+,13-11-,17-16-,20-19-,23-22-,29-27+,37-35+. The van der Waals surface area contributed by atoms with Gasteiger partial charge in [0.15, 0.2) is 0 Å². The molecule has 0 aromatic carbocycles. The molecule has 53 heavy (non-hydrogen) atoms. The summed E-state index contributed by atoms with van der Waals surface area (Å²) in [5.41, 5.74) is 5.35. The molecule has 0 aliphatic carbocycles. The van der Waals surface area contributed by atoms with E-state index in [2.05, 4.69) is 104 Å². The minimum Gasteiger partial charge on any atom is -0.387 e. The summed E-state index contributed by atoms with van der Waals surface area (Å²) < 4.78 is 22.0. The number of carbonyl (C=O) groups is 1. The zero-order valence-electron chi connectivity index (χ0n) is 33.2. The average molecular weight is 759 g/mol. The summed E-state index contributed by atoms with van der Waals surface area (Å²) in [6, 6.07) is -0.894. The van der Waals surface area contributed by atoms with E-state index in [9.17, 15) is 19.4 Å². The molecule has 9 heteroatoms. The normalized spacial score (nSPS) is 15.2. The van der Waals surface area contributed by atoms with Gasteiger partial charge in [-0.2, -0.15) is 0 Å². The van der Waals surface area contributed by atoms with E-state index >= 15 is 0 Å². The molecule has 302 valence electrons. The van der Waals surface area contributed by atoms with Gasteiger partial charge < -0.3 is 21.1 Å². The molecule has 3 atom stereocenters. The molecule has 0 heterocycles. The van der Waals surface area contributed by atoms with Gasteiger partial charge in [-0.05, 0) is 83.5 Å². The number of hydrogen-bond donors (Lipinski definition) is 4. The van der Waals surface area contributed by atoms with Crippen molar-refractivity contribution in [2.24, 2.45) is 5.73 Å². The van der Waals surface area contributed by atoms with Crippen molar-refractivity contribution in [3.8, 4) is 0 Å². The number of hydrogen-bond acceptors (Lipinski definition) is 6. The number of unbranched alkanes of at least 4 members (excludes halogenated alkanes) is 10. The van der Waals surface area contributed by atoms with E-state index in [0.717, 1.165) is 103 Å². The van der Waals surface area contributed by atoms with Crippen molar-refractivity contribution in [2.45, 2.75) is 154 Å². The van der Waals surface area contributed by atoms with Crippen molar-refractivity contribution in [1.82, 2.24) is 5.32 Å². The van der Waals surface area contributed by atoms with Gasteiger partial charge in [0, 0.05) is 13.0 Å². The lowest BCUT2D eigenvalue weighted by atomic mass is 10.1. The van der Waals surface area contributed by atoms with Crippen molar-refractivity contribution < 1.29 is 28.4 Å². The largest absolute Gasteiger partial charge is 0.472 e. The number of allylic oxidation sites excluding steroid dienone is 15. The Labute approximate surface area is 323 Å². The summed E-state index contributed by atoms with van der Waals surface area (Å²) in [6.45, 7) is 3.87. The number of aliphatic hydroxyl groups excluding tert-OH is 1. The quantitative estimate of drug-likeness (QED) is 0.0284. The smallest absolute Gasteiger partial charge is 0.387 e. The van der Waals surface area contributed by atoms with Gasteiger partial charge in [0.05, 0.1) is 25.4 Å². The summed E-state index contributed by atoms with van der Waals surface area (Å²) in [5.74, 6) is -0.227. The highest BCUT2D eigenvalue weighted by atomic mass is 31.2. The van der Waals surface area contributed by atoms with Crippen LogP contribution >= 0.6 is 7.82 Å². The molecule has 1 amide bonds. The van der Waals surface area contributed by atoms with Crippen molar-refractivity contribution in [1.29, 1.82) is 0 Å². The number of phosphoric acid groups is 1. The summed E-state index contributed by atoms with van der Waals surface area (Å²) in [5, 5.41) is 13.6. The Kier molecular flexibility index (Phi) is 37.2. The van der Waals surface area contributed by atoms with Gasteiger partial charge in [0.2, 0.25) is 5.91 Å². The van der Waals surface area contributed by atoms with Crippen LogP contribution in [0.1, 0.15) is 142 Å². The molecular formula is C44H75N2O6P. The monoisotopic (exact) mass is 759 g/mol. The maximum atomic E-state index is 12.7. The second kappa shape index (κ2) is 39.1. The van der Waals surface area contributed by atoms with Gasteiger partial charge in [0.1, 0.15) is 0 Å². The lowest BCUT2D eigenvalue weighted by Gasteiger charge is -2.23. The van der Waals surface area contributed by atoms with Crippen LogP contribution in [0, 0.1) is 0 Å². The highest BCUT2D eigenvalue weighted by molar-refractivity contribution is 7.47. The number of rotatable bonds is 36. The lowest BCUT2D eigenvalue weighted by Crippen LogP contribution is -2.45. The highest BCUT2D eigenvalue weighted by Crippen LogP contribution is 2.43. The summed E-state index contributed by atoms with van der Waals surface area (Å²) in [7, 11) is -4.35. The first-order valence-electron chi connectivity index (χ1n) is 20.4. The second-order valence-corrected chi connectivity index (χ2v) is 14.5. The van der Waals surface area contributed by atoms with Crippen LogP contribution in [0.2, 0.25) is 0 Å². The Bertz CT molecular complexity index is 1140. The van der Waals surface area contributed by atoms with Gasteiger partial charge in [-0.3, -0.25) is 13.8 Å². The molecule has 5 N–H and O–H groups in total. The van der Waals surface area contributed by atoms with Crippen LogP contribution in [0.25, 0.3) is 0 Å². The predicted octanol–water partition coefficient (Wildman–Crippen LogP) is 11.2. The summed E-state index contributed by atoms with van der Waals surface area (Å²) in [6.07, 6.45) is 53.2. The van der Waals surface area contributed by atoms with Crippen molar-refractivity contribution >= 4 is 13.7 Å². The van der Waals surface area contributed by atoms with E-state index in [0.29, 0.717) is 6.42 Å². The van der Waals surface area contributed by atoms with E-state index < -0.39 is 20.0 Å². The SMILES string of the molecule is CC/C=C\C/C=C\C/C=C\C/C=C\C/C=C\CCCCCCCCCC(=O)NC(COP(=O)(O)OCCN)C(O)/C=C/CC/C=C/CC/C=C/CCC. The minimum atomic E-state index is -4.35. The van der Waals surface area contributed by atoms with Crippen LogP contribution in [0.15, 0.2) is 97.2 Å². The van der Waals surface area contributed by atoms with Crippen molar-refractivity contribution in [3.63, 3.8) is 0 Å². The summed E-state index contributed by atoms with van der Waals surface area (Å²) in [4.78, 5) is 22.6. The molecule has 3 unspecified atom stereocenters. The maximum absolute atomic E-state index is 12.7. The van der Waals surface area contributed by atoms with E-state index in [1.54, 1.807) is 6.08 Å². The third-order valence-electron chi connectivity index (χ3n) is 8.10. The van der Waals surface area contributed by atoms with E-state index in [4.69, 9.17) is 14.8 Å². The molecule has 0 bridgehead atoms. The fourth-order valence-electron chi connectivity index (χ4n) is 5.08. The number of phosphoric ester groups is 1. The van der Waals surface area contributed by atoms with Crippen molar-refractivity contribution in [3.05, 3.63) is 97.2 Å². The first-order chi connectivity index (χ1) is 25.9. The van der Waals surface area contributed by atoms with Crippen LogP contribution in [-0.2, 0) is 18.4 Å². The van der Waals surface area contributed by atoms with Gasteiger partial charge in [-0.15, -0.1) is 0 Å². The molecule has 0 saturated carbocycles. The Balaban J connectivity index is 4.26. The van der Waals surface area contributed by atoms with E-state index in [1.807, 2.05) is 6.08 Å². The predicted molar refractivity (Wildman–Crippen MR) is 226 cm³/mol. The van der Waals surface area contributed by atoms with Crippen molar-refractivity contribution in [2.75, 3.05) is 19.8 Å². The molecule has 0 radical (unpaired) electrons. The van der Waals surface area contributed by atoms with Crippen LogP contribution in [0.3, 0.4) is 0 Å². The maximum Gasteiger partial charge on any atom is 0.472 e. The molecule has 0 spiro atoms. The average Bonchev–Trinajstić information content (AvgIpc) is 3.14. The number of nitrogens with two attached hydrogens (primary N) is 1. The topological polar surface area (TPSA) is 131 Å². The van der Waals surface area contributed by atoms with Crippen LogP contribution < -0.4 is 11.1 Å². The Morgan fingerprint density at radius 2 is 1.11 bits per heavy atom. The molecule has 8 nitrogen and oxygen atoms in total. The molecular weight excluding hydrogens is 683 g/mol. The number of aliphatic hydroxyl groups is 1. The van der Waals surface area contributed by atoms with Gasteiger partial charge in [-0.25, -0.2) is 4.57 Å². The molecule has 0 fully saturated rings. The highest BCUT2D eigenvalue weighted by Gasteiger charge is 2.26. The number of carbonyl (C=O) groups excluding carboxylic acids is 1. The zero-order chi connectivity index (χ0) is 38.9. The molecule has 0 aromatic rings. The molecule has 0 saturated heterocycles. The van der Waals surface area contributed by atoms with Gasteiger partial charge in [0.25, 0.3) is 0 Å². The number of amides is 1. The fourth-order valence-corrected chi connectivity index (χ4v) is 5.84. The summed E-state index contributed by atoms with van der Waals surface area (Å²) >= 11 is 0. The van der Waals surface area contributed by atoms with Crippen LogP contribution in [0.4, 0.5) is 0 Å². The zero-order valence-corrected chi connectivity index (χ0v) is 34.1. The molecule has 0 rings (SSSR count). The number of nitrogens with one attached hydrogen (secondary N) is 1. The van der Waals surface area contributed by atoms with Crippen LogP contribution in [-0.4, -0.2) is 47.8 Å². The Morgan fingerprint density at radius 3 is 1.66 bits per heavy atom. The molecule has 0 aliphatic heterocycles. The Morgan fingerprint density at radius 1 is 0.642 bits per heavy atom. The van der Waals surface area contributed by atoms with E-state index in [-0.39, 0.29) is 25.7 Å². The first-order valence-corrected chi connectivity index (χ1v) is 21.9. The first kappa shape index (κ1) is 50.4. The van der Waals surface area contributed by atoms with Crippen LogP contribution in [0.5, 0.6) is 0 Å². The molecule has 0 aliphatic rings. The Hall–Kier alpha value is -2.58. The molecule has 0 aromatic heterocycles. The van der Waals surface area contributed by atoms with E-state index in [1.165, 1.54) is 19.3 Å². The minimum absolute atomic E-state index is 0.0640. The van der Waals surface area contributed by atoms with Gasteiger partial charge in [-0.1, -0.05) is 150 Å². The lowest BCUT2D eigenvalue weighted by molar-refractivity contribution is -0.123. The third kappa shape index (κ3) is 37.5. The van der Waals surface area contributed by atoms with Gasteiger partial charge >= 0.3 is 7.82 Å². The third-order valence-corrected chi connectivity index (χ3v) is 9.09.